The van der Waals surface area contributed by atoms with Crippen molar-refractivity contribution in [1.82, 2.24) is 5.32 Å². The van der Waals surface area contributed by atoms with Crippen LogP contribution in [0.4, 0.5) is 22.0 Å². The number of amides is 1. The molecule has 1 saturated carbocycles. The highest BCUT2D eigenvalue weighted by Gasteiger charge is 2.61. The topological polar surface area (TPSA) is 80.3 Å². The summed E-state index contributed by atoms with van der Waals surface area (Å²) in [5.74, 6) is -2.24. The number of sulfone groups is 1. The van der Waals surface area contributed by atoms with E-state index in [2.05, 4.69) is 5.32 Å². The molecule has 2 fully saturated rings. The lowest BCUT2D eigenvalue weighted by molar-refractivity contribution is -0.228. The summed E-state index contributed by atoms with van der Waals surface area (Å²) in [7, 11) is -4.23. The molecule has 2 aromatic carbocycles. The molecule has 5 atom stereocenters. The van der Waals surface area contributed by atoms with Gasteiger partial charge in [-0.3, -0.25) is 9.59 Å². The zero-order valence-corrected chi connectivity index (χ0v) is 22.7. The van der Waals surface area contributed by atoms with Crippen molar-refractivity contribution >= 4 is 21.5 Å². The monoisotopic (exact) mass is 583 g/mol. The fourth-order valence-corrected chi connectivity index (χ4v) is 9.48. The number of carbonyl (C=O) groups excluding carboxylic acids is 2. The van der Waals surface area contributed by atoms with Crippen LogP contribution in [0.15, 0.2) is 47.4 Å². The van der Waals surface area contributed by atoms with Crippen LogP contribution in [-0.2, 0) is 36.3 Å². The van der Waals surface area contributed by atoms with Gasteiger partial charge in [0.2, 0.25) is 11.6 Å². The summed E-state index contributed by atoms with van der Waals surface area (Å²) in [6.45, 7) is 0.835. The predicted octanol–water partition coefficient (Wildman–Crippen LogP) is 5.70. The summed E-state index contributed by atoms with van der Waals surface area (Å²) in [6, 6.07) is 7.80. The Morgan fingerprint density at radius 3 is 2.40 bits per heavy atom. The van der Waals surface area contributed by atoms with Gasteiger partial charge >= 0.3 is 6.18 Å². The molecule has 1 aliphatic heterocycles. The van der Waals surface area contributed by atoms with Crippen LogP contribution in [-0.4, -0.2) is 32.8 Å². The fourth-order valence-electron chi connectivity index (χ4n) is 6.98. The van der Waals surface area contributed by atoms with Gasteiger partial charge in [0, 0.05) is 25.3 Å². The number of hydrogen-bond acceptors (Lipinski definition) is 4. The molecule has 0 bridgehead atoms. The maximum absolute atomic E-state index is 14.9. The molecule has 216 valence electrons. The molecule has 0 radical (unpaired) electrons. The largest absolute Gasteiger partial charge is 0.426 e. The highest BCUT2D eigenvalue weighted by molar-refractivity contribution is 7.92. The number of fused-ring (bicyclic) bond motifs is 3. The van der Waals surface area contributed by atoms with Crippen LogP contribution in [0.5, 0.6) is 0 Å². The van der Waals surface area contributed by atoms with Gasteiger partial charge < -0.3 is 5.32 Å². The number of nitrogens with one attached hydrogen (secondary N) is 1. The number of alkyl halides is 4. The Balaban J connectivity index is 1.58. The van der Waals surface area contributed by atoms with Crippen molar-refractivity contribution in [2.45, 2.75) is 73.4 Å². The van der Waals surface area contributed by atoms with Crippen molar-refractivity contribution in [1.29, 1.82) is 0 Å². The quantitative estimate of drug-likeness (QED) is 0.350. The first-order valence-electron chi connectivity index (χ1n) is 13.4. The Kier molecular flexibility index (Phi) is 7.12. The number of rotatable bonds is 6. The molecular formula is C29H30F5NO4S. The van der Waals surface area contributed by atoms with E-state index in [0.29, 0.717) is 37.4 Å². The SMILES string of the molecule is CC(F)(c1ccc2c(c1)CC[C@H]1[C@H](CC(=O)C3CCNC(=O)C3)CC[C@@]21S(=O)(=O)c1ccc(F)cc1)C(F)(F)F. The van der Waals surface area contributed by atoms with Gasteiger partial charge in [0.1, 0.15) is 16.3 Å². The second-order valence-corrected chi connectivity index (χ2v) is 13.6. The summed E-state index contributed by atoms with van der Waals surface area (Å²) in [5.41, 5.74) is -3.60. The van der Waals surface area contributed by atoms with E-state index in [-0.39, 0.29) is 54.6 Å². The third-order valence-corrected chi connectivity index (χ3v) is 11.8. The lowest BCUT2D eigenvalue weighted by Gasteiger charge is -2.43. The molecule has 40 heavy (non-hydrogen) atoms. The van der Waals surface area contributed by atoms with Crippen molar-refractivity contribution in [3.05, 3.63) is 65.0 Å². The maximum atomic E-state index is 14.9. The number of Topliss-reactive ketones (excluding diaryl/α,β-unsaturated/α-hetero) is 1. The van der Waals surface area contributed by atoms with E-state index in [4.69, 9.17) is 0 Å². The highest BCUT2D eigenvalue weighted by atomic mass is 32.2. The van der Waals surface area contributed by atoms with Crippen molar-refractivity contribution in [3.8, 4) is 0 Å². The van der Waals surface area contributed by atoms with E-state index in [0.717, 1.165) is 24.3 Å². The normalized spacial score (nSPS) is 28.2. The first-order valence-corrected chi connectivity index (χ1v) is 14.9. The van der Waals surface area contributed by atoms with Crippen molar-refractivity contribution in [3.63, 3.8) is 0 Å². The zero-order chi connectivity index (χ0) is 29.1. The highest BCUT2D eigenvalue weighted by Crippen LogP contribution is 2.60. The van der Waals surface area contributed by atoms with Gasteiger partial charge in [-0.05, 0) is 91.8 Å². The minimum absolute atomic E-state index is 0.0854. The molecule has 2 aromatic rings. The van der Waals surface area contributed by atoms with Crippen molar-refractivity contribution in [2.75, 3.05) is 6.54 Å². The van der Waals surface area contributed by atoms with Crippen molar-refractivity contribution < 1.29 is 40.0 Å². The smallest absolute Gasteiger partial charge is 0.356 e. The van der Waals surface area contributed by atoms with Gasteiger partial charge in [-0.2, -0.15) is 13.2 Å². The van der Waals surface area contributed by atoms with Crippen LogP contribution in [0.2, 0.25) is 0 Å². The van der Waals surface area contributed by atoms with Crippen LogP contribution in [0.1, 0.15) is 62.1 Å². The van der Waals surface area contributed by atoms with Crippen LogP contribution >= 0.6 is 0 Å². The predicted molar refractivity (Wildman–Crippen MR) is 136 cm³/mol. The number of aryl methyl sites for hydroxylation is 1. The summed E-state index contributed by atoms with van der Waals surface area (Å²) in [5, 5.41) is 2.69. The first-order chi connectivity index (χ1) is 18.7. The molecule has 0 aromatic heterocycles. The Hall–Kier alpha value is -2.82. The Morgan fingerprint density at radius 2 is 1.75 bits per heavy atom. The van der Waals surface area contributed by atoms with E-state index in [1.165, 1.54) is 18.2 Å². The van der Waals surface area contributed by atoms with E-state index in [1.807, 2.05) is 0 Å². The minimum Gasteiger partial charge on any atom is -0.356 e. The molecule has 3 aliphatic rings. The molecule has 5 rings (SSSR count). The van der Waals surface area contributed by atoms with E-state index in [1.54, 1.807) is 0 Å². The Morgan fingerprint density at radius 1 is 1.05 bits per heavy atom. The number of carbonyl (C=O) groups is 2. The Labute approximate surface area is 229 Å². The zero-order valence-electron chi connectivity index (χ0n) is 21.9. The van der Waals surface area contributed by atoms with E-state index >= 15 is 0 Å². The lowest BCUT2D eigenvalue weighted by Crippen LogP contribution is -2.45. The number of halogens is 5. The van der Waals surface area contributed by atoms with Gasteiger partial charge in [-0.1, -0.05) is 18.2 Å². The van der Waals surface area contributed by atoms with Gasteiger partial charge in [0.05, 0.1) is 4.90 Å². The van der Waals surface area contributed by atoms with Crippen LogP contribution in [0.3, 0.4) is 0 Å². The number of hydrogen-bond donors (Lipinski definition) is 1. The standard InChI is InChI=1S/C29H30F5NO4S/c1-27(31,29(32,33)34)20-3-9-24-17(14-20)2-8-23-18(15-25(36)19-11-13-35-26(37)16-19)10-12-28(23,24)40(38,39)22-6-4-21(30)5-7-22/h3-7,9,14,18-19,23H,2,8,10-13,15-16H2,1H3,(H,35,37)/t18-,19?,23-,27?,28-/m0/s1. The minimum atomic E-state index is -5.16. The summed E-state index contributed by atoms with van der Waals surface area (Å²) in [6.07, 6.45) is -3.50. The molecule has 1 saturated heterocycles. The third-order valence-electron chi connectivity index (χ3n) is 9.18. The Bertz CT molecular complexity index is 1440. The van der Waals surface area contributed by atoms with Gasteiger partial charge in [0.25, 0.3) is 0 Å². The lowest BCUT2D eigenvalue weighted by atomic mass is 9.71. The molecule has 2 aliphatic carbocycles. The van der Waals surface area contributed by atoms with E-state index in [9.17, 15) is 40.0 Å². The van der Waals surface area contributed by atoms with Crippen LogP contribution in [0.25, 0.3) is 0 Å². The fraction of sp³-hybridized carbons (Fsp3) is 0.517. The average molecular weight is 584 g/mol. The molecule has 0 spiro atoms. The van der Waals surface area contributed by atoms with Crippen LogP contribution < -0.4 is 5.32 Å². The van der Waals surface area contributed by atoms with Gasteiger partial charge in [-0.15, -0.1) is 0 Å². The summed E-state index contributed by atoms with van der Waals surface area (Å²) in [4.78, 5) is 24.9. The average Bonchev–Trinajstić information content (AvgIpc) is 3.28. The van der Waals surface area contributed by atoms with E-state index < -0.39 is 49.6 Å². The summed E-state index contributed by atoms with van der Waals surface area (Å²) >= 11 is 0. The number of benzene rings is 2. The maximum Gasteiger partial charge on any atom is 0.426 e. The first kappa shape index (κ1) is 28.7. The number of ketones is 1. The molecule has 1 N–H and O–H groups in total. The third kappa shape index (κ3) is 4.54. The molecule has 1 heterocycles. The molecule has 11 heteroatoms. The second-order valence-electron chi connectivity index (χ2n) is 11.4. The van der Waals surface area contributed by atoms with Gasteiger partial charge in [0.15, 0.2) is 9.84 Å². The molecule has 5 nitrogen and oxygen atoms in total. The molecular weight excluding hydrogens is 553 g/mol. The number of piperidine rings is 1. The van der Waals surface area contributed by atoms with Crippen molar-refractivity contribution in [2.24, 2.45) is 17.8 Å². The second kappa shape index (κ2) is 9.92. The van der Waals surface area contributed by atoms with Crippen LogP contribution in [0, 0.1) is 23.6 Å². The molecule has 1 amide bonds. The summed E-state index contributed by atoms with van der Waals surface area (Å²) < 4.78 is 96.2. The van der Waals surface area contributed by atoms with Gasteiger partial charge in [-0.25, -0.2) is 17.2 Å². The molecule has 2 unspecified atom stereocenters.